The smallest absolute Gasteiger partial charge is 0.240 e. The Balaban J connectivity index is 2.13. The number of benzene rings is 1. The van der Waals surface area contributed by atoms with Crippen molar-refractivity contribution in [2.45, 2.75) is 24.5 Å². The van der Waals surface area contributed by atoms with Crippen molar-refractivity contribution in [2.24, 2.45) is 0 Å². The summed E-state index contributed by atoms with van der Waals surface area (Å²) in [6.45, 7) is 1.97. The fourth-order valence-electron chi connectivity index (χ4n) is 1.80. The molecular formula is C12H13FINOS. The molecule has 17 heavy (non-hydrogen) atoms. The number of hydrogen-bond acceptors (Lipinski definition) is 2. The van der Waals surface area contributed by atoms with Crippen molar-refractivity contribution in [3.63, 3.8) is 0 Å². The van der Waals surface area contributed by atoms with Gasteiger partial charge in [-0.1, -0.05) is 0 Å². The van der Waals surface area contributed by atoms with Crippen molar-refractivity contribution in [3.8, 4) is 0 Å². The van der Waals surface area contributed by atoms with Gasteiger partial charge in [0.2, 0.25) is 5.91 Å². The summed E-state index contributed by atoms with van der Waals surface area (Å²) < 4.78 is 13.3. The van der Waals surface area contributed by atoms with Crippen LogP contribution < -0.4 is 5.32 Å². The van der Waals surface area contributed by atoms with Gasteiger partial charge in [0, 0.05) is 3.57 Å². The van der Waals surface area contributed by atoms with Crippen LogP contribution in [0.2, 0.25) is 0 Å². The molecule has 0 bridgehead atoms. The van der Waals surface area contributed by atoms with E-state index in [9.17, 15) is 9.18 Å². The molecule has 1 saturated heterocycles. The highest BCUT2D eigenvalue weighted by molar-refractivity contribution is 14.1. The molecule has 1 aliphatic heterocycles. The number of carbonyl (C=O) groups excluding carboxylic acids is 1. The van der Waals surface area contributed by atoms with E-state index < -0.39 is 0 Å². The second-order valence-corrected chi connectivity index (χ2v) is 7.02. The second-order valence-electron chi connectivity index (χ2n) is 4.26. The molecule has 1 heterocycles. The van der Waals surface area contributed by atoms with Crippen LogP contribution in [-0.4, -0.2) is 16.4 Å². The van der Waals surface area contributed by atoms with Crippen LogP contribution in [0.1, 0.15) is 19.8 Å². The fraction of sp³-hybridized carbons (Fsp3) is 0.417. The van der Waals surface area contributed by atoms with E-state index in [1.54, 1.807) is 17.8 Å². The van der Waals surface area contributed by atoms with Crippen molar-refractivity contribution in [3.05, 3.63) is 27.6 Å². The maximum Gasteiger partial charge on any atom is 0.240 e. The van der Waals surface area contributed by atoms with Crippen LogP contribution in [0.25, 0.3) is 0 Å². The lowest BCUT2D eigenvalue weighted by Gasteiger charge is -2.21. The third kappa shape index (κ3) is 2.93. The summed E-state index contributed by atoms with van der Waals surface area (Å²) >= 11 is 3.72. The molecule has 0 spiro atoms. The summed E-state index contributed by atoms with van der Waals surface area (Å²) in [7, 11) is 0. The molecule has 5 heteroatoms. The summed E-state index contributed by atoms with van der Waals surface area (Å²) in [6.07, 6.45) is 1.98. The Hall–Kier alpha value is -0.300. The van der Waals surface area contributed by atoms with E-state index in [2.05, 4.69) is 5.32 Å². The quantitative estimate of drug-likeness (QED) is 0.811. The predicted molar refractivity (Wildman–Crippen MR) is 77.8 cm³/mol. The Morgan fingerprint density at radius 1 is 1.59 bits per heavy atom. The molecule has 1 atom stereocenters. The molecule has 0 saturated carbocycles. The SMILES string of the molecule is CC1(C(=O)Nc2ccc(F)cc2I)CCCS1. The maximum atomic E-state index is 12.9. The number of anilines is 1. The van der Waals surface area contributed by atoms with Crippen molar-refractivity contribution in [2.75, 3.05) is 11.1 Å². The molecule has 0 aliphatic carbocycles. The van der Waals surface area contributed by atoms with Gasteiger partial charge in [0.1, 0.15) is 5.82 Å². The Morgan fingerprint density at radius 2 is 2.35 bits per heavy atom. The number of carbonyl (C=O) groups is 1. The van der Waals surface area contributed by atoms with Crippen LogP contribution in [0.15, 0.2) is 18.2 Å². The minimum Gasteiger partial charge on any atom is -0.324 e. The Kier molecular flexibility index (Phi) is 3.97. The maximum absolute atomic E-state index is 12.9. The first-order valence-corrected chi connectivity index (χ1v) is 7.48. The van der Waals surface area contributed by atoms with Crippen molar-refractivity contribution < 1.29 is 9.18 Å². The lowest BCUT2D eigenvalue weighted by molar-refractivity contribution is -0.118. The number of hydrogen-bond donors (Lipinski definition) is 1. The summed E-state index contributed by atoms with van der Waals surface area (Å²) in [5.41, 5.74) is 0.686. The van der Waals surface area contributed by atoms with E-state index in [0.717, 1.165) is 22.2 Å². The van der Waals surface area contributed by atoms with E-state index in [-0.39, 0.29) is 16.5 Å². The first-order chi connectivity index (χ1) is 8.01. The highest BCUT2D eigenvalue weighted by Gasteiger charge is 2.37. The zero-order valence-electron chi connectivity index (χ0n) is 9.43. The van der Waals surface area contributed by atoms with Crippen molar-refractivity contribution in [1.29, 1.82) is 0 Å². The molecule has 1 fully saturated rings. The van der Waals surface area contributed by atoms with E-state index in [0.29, 0.717) is 5.69 Å². The summed E-state index contributed by atoms with van der Waals surface area (Å²) in [4.78, 5) is 12.1. The first kappa shape index (κ1) is 13.1. The van der Waals surface area contributed by atoms with Crippen molar-refractivity contribution >= 4 is 45.9 Å². The molecule has 92 valence electrons. The third-order valence-electron chi connectivity index (χ3n) is 2.88. The highest BCUT2D eigenvalue weighted by Crippen LogP contribution is 2.38. The second kappa shape index (κ2) is 5.14. The van der Waals surface area contributed by atoms with Crippen LogP contribution in [0, 0.1) is 9.39 Å². The first-order valence-electron chi connectivity index (χ1n) is 5.42. The molecule has 0 aromatic heterocycles. The average molecular weight is 365 g/mol. The Morgan fingerprint density at radius 3 is 2.94 bits per heavy atom. The summed E-state index contributed by atoms with van der Waals surface area (Å²) in [5, 5.41) is 2.89. The van der Waals surface area contributed by atoms with Gasteiger partial charge in [-0.05, 0) is 66.3 Å². The van der Waals surface area contributed by atoms with Gasteiger partial charge >= 0.3 is 0 Å². The molecule has 1 aromatic rings. The predicted octanol–water partition coefficient (Wildman–Crippen LogP) is 3.65. The zero-order valence-corrected chi connectivity index (χ0v) is 12.4. The molecule has 1 aliphatic rings. The highest BCUT2D eigenvalue weighted by atomic mass is 127. The monoisotopic (exact) mass is 365 g/mol. The van der Waals surface area contributed by atoms with E-state index in [1.165, 1.54) is 12.1 Å². The molecule has 1 amide bonds. The van der Waals surface area contributed by atoms with Crippen LogP contribution in [-0.2, 0) is 4.79 Å². The standard InChI is InChI=1S/C12H13FINOS/c1-12(5-2-6-17-12)11(16)15-10-4-3-8(13)7-9(10)14/h3-4,7H,2,5-6H2,1H3,(H,15,16). The van der Waals surface area contributed by atoms with Crippen molar-refractivity contribution in [1.82, 2.24) is 0 Å². The molecule has 2 nitrogen and oxygen atoms in total. The van der Waals surface area contributed by atoms with Gasteiger partial charge in [-0.15, -0.1) is 11.8 Å². The number of halogens is 2. The molecule has 1 aromatic carbocycles. The van der Waals surface area contributed by atoms with E-state index >= 15 is 0 Å². The zero-order chi connectivity index (χ0) is 12.5. The number of nitrogens with one attached hydrogen (secondary N) is 1. The molecule has 0 radical (unpaired) electrons. The van der Waals surface area contributed by atoms with Crippen LogP contribution >= 0.6 is 34.4 Å². The van der Waals surface area contributed by atoms with Gasteiger partial charge in [-0.3, -0.25) is 4.79 Å². The summed E-state index contributed by atoms with van der Waals surface area (Å²) in [6, 6.07) is 4.39. The molecule has 1 N–H and O–H groups in total. The van der Waals surface area contributed by atoms with E-state index in [4.69, 9.17) is 0 Å². The largest absolute Gasteiger partial charge is 0.324 e. The fourth-order valence-corrected chi connectivity index (χ4v) is 3.63. The van der Waals surface area contributed by atoms with Gasteiger partial charge in [0.25, 0.3) is 0 Å². The normalized spacial score (nSPS) is 23.7. The van der Waals surface area contributed by atoms with Gasteiger partial charge in [-0.25, -0.2) is 4.39 Å². The molecule has 1 unspecified atom stereocenters. The Bertz CT molecular complexity index is 446. The topological polar surface area (TPSA) is 29.1 Å². The minimum atomic E-state index is -0.336. The lowest BCUT2D eigenvalue weighted by atomic mass is 10.0. The molecular weight excluding hydrogens is 352 g/mol. The van der Waals surface area contributed by atoms with Gasteiger partial charge in [-0.2, -0.15) is 0 Å². The third-order valence-corrected chi connectivity index (χ3v) is 5.29. The summed E-state index contributed by atoms with van der Waals surface area (Å²) in [5.74, 6) is 0.767. The Labute approximate surface area is 118 Å². The van der Waals surface area contributed by atoms with E-state index in [1.807, 2.05) is 29.5 Å². The van der Waals surface area contributed by atoms with Gasteiger partial charge < -0.3 is 5.32 Å². The van der Waals surface area contributed by atoms with Gasteiger partial charge in [0.05, 0.1) is 10.4 Å². The lowest BCUT2D eigenvalue weighted by Crippen LogP contribution is -2.34. The molecule has 2 rings (SSSR count). The number of amides is 1. The van der Waals surface area contributed by atoms with Gasteiger partial charge in [0.15, 0.2) is 0 Å². The van der Waals surface area contributed by atoms with Crippen LogP contribution in [0.5, 0.6) is 0 Å². The minimum absolute atomic E-state index is 0.0181. The van der Waals surface area contributed by atoms with Crippen LogP contribution in [0.4, 0.5) is 10.1 Å². The number of thioether (sulfide) groups is 1. The average Bonchev–Trinajstić information content (AvgIpc) is 2.71. The number of rotatable bonds is 2. The van der Waals surface area contributed by atoms with Crippen LogP contribution in [0.3, 0.4) is 0 Å².